The Balaban J connectivity index is 2.85. The van der Waals surface area contributed by atoms with E-state index in [-0.39, 0.29) is 0 Å². The first-order valence-electron chi connectivity index (χ1n) is 3.51. The molecule has 0 amide bonds. The van der Waals surface area contributed by atoms with Crippen LogP contribution in [0.15, 0.2) is 18.3 Å². The number of aromatic nitrogens is 1. The minimum Gasteiger partial charge on any atom is -0.373 e. The average molecular weight is 166 g/mol. The van der Waals surface area contributed by atoms with Gasteiger partial charge in [-0.1, -0.05) is 0 Å². The van der Waals surface area contributed by atoms with Gasteiger partial charge in [0.2, 0.25) is 0 Å². The van der Waals surface area contributed by atoms with Crippen molar-refractivity contribution < 1.29 is 9.84 Å². The standard InChI is InChI=1S/C8H10N2O2/c1-12-6-10-4-2-3-7(10)8(11)5-9/h2-4,8,11H,6H2,1H3/t8-/m0/s1. The van der Waals surface area contributed by atoms with E-state index >= 15 is 0 Å². The highest BCUT2D eigenvalue weighted by molar-refractivity contribution is 5.15. The van der Waals surface area contributed by atoms with Crippen molar-refractivity contribution in [1.82, 2.24) is 4.57 Å². The third-order valence-electron chi connectivity index (χ3n) is 1.54. The first kappa shape index (κ1) is 8.78. The van der Waals surface area contributed by atoms with E-state index in [0.29, 0.717) is 12.4 Å². The minimum absolute atomic E-state index is 0.348. The van der Waals surface area contributed by atoms with Crippen molar-refractivity contribution in [2.45, 2.75) is 12.8 Å². The lowest BCUT2D eigenvalue weighted by Gasteiger charge is -2.07. The Morgan fingerprint density at radius 2 is 2.58 bits per heavy atom. The molecule has 1 heterocycles. The molecule has 64 valence electrons. The van der Waals surface area contributed by atoms with Crippen LogP contribution >= 0.6 is 0 Å². The molecule has 0 saturated carbocycles. The predicted molar refractivity (Wildman–Crippen MR) is 42.0 cm³/mol. The van der Waals surface area contributed by atoms with Crippen molar-refractivity contribution in [1.29, 1.82) is 5.26 Å². The van der Waals surface area contributed by atoms with Crippen molar-refractivity contribution in [3.8, 4) is 6.07 Å². The maximum Gasteiger partial charge on any atom is 0.181 e. The first-order valence-corrected chi connectivity index (χ1v) is 3.51. The van der Waals surface area contributed by atoms with E-state index in [9.17, 15) is 5.11 Å². The zero-order chi connectivity index (χ0) is 8.97. The zero-order valence-corrected chi connectivity index (χ0v) is 6.77. The Labute approximate surface area is 70.6 Å². The molecular formula is C8H10N2O2. The molecular weight excluding hydrogens is 156 g/mol. The smallest absolute Gasteiger partial charge is 0.181 e. The molecule has 0 radical (unpaired) electrons. The van der Waals surface area contributed by atoms with Crippen LogP contribution in [0, 0.1) is 11.3 Å². The maximum absolute atomic E-state index is 9.19. The second kappa shape index (κ2) is 3.90. The van der Waals surface area contributed by atoms with Gasteiger partial charge in [0.15, 0.2) is 6.10 Å². The van der Waals surface area contributed by atoms with Gasteiger partial charge >= 0.3 is 0 Å². The van der Waals surface area contributed by atoms with E-state index in [0.717, 1.165) is 0 Å². The van der Waals surface area contributed by atoms with Gasteiger partial charge in [-0.3, -0.25) is 0 Å². The molecule has 0 bridgehead atoms. The van der Waals surface area contributed by atoms with Crippen molar-refractivity contribution >= 4 is 0 Å². The third kappa shape index (κ3) is 1.64. The summed E-state index contributed by atoms with van der Waals surface area (Å²) in [6.45, 7) is 0.348. The quantitative estimate of drug-likeness (QED) is 0.670. The van der Waals surface area contributed by atoms with Gasteiger partial charge in [0.05, 0.1) is 5.69 Å². The number of methoxy groups -OCH3 is 1. The fourth-order valence-corrected chi connectivity index (χ4v) is 0.998. The van der Waals surface area contributed by atoms with E-state index in [4.69, 9.17) is 10.00 Å². The Bertz CT molecular complexity index is 287. The molecule has 4 heteroatoms. The number of rotatable bonds is 3. The molecule has 0 aliphatic rings. The van der Waals surface area contributed by atoms with Gasteiger partial charge in [0.25, 0.3) is 0 Å². The third-order valence-corrected chi connectivity index (χ3v) is 1.54. The Morgan fingerprint density at radius 3 is 3.17 bits per heavy atom. The van der Waals surface area contributed by atoms with Crippen LogP contribution < -0.4 is 0 Å². The number of nitrogens with zero attached hydrogens (tertiary/aromatic N) is 2. The molecule has 0 aromatic carbocycles. The second-order valence-corrected chi connectivity index (χ2v) is 2.35. The lowest BCUT2D eigenvalue weighted by Crippen LogP contribution is -2.06. The van der Waals surface area contributed by atoms with Gasteiger partial charge in [-0.15, -0.1) is 0 Å². The van der Waals surface area contributed by atoms with Crippen molar-refractivity contribution in [3.63, 3.8) is 0 Å². The average Bonchev–Trinajstić information content (AvgIpc) is 2.52. The summed E-state index contributed by atoms with van der Waals surface area (Å²) in [5.74, 6) is 0. The largest absolute Gasteiger partial charge is 0.373 e. The van der Waals surface area contributed by atoms with Crippen LogP contribution in [0.5, 0.6) is 0 Å². The van der Waals surface area contributed by atoms with Crippen molar-refractivity contribution in [2.75, 3.05) is 7.11 Å². The van der Waals surface area contributed by atoms with Gasteiger partial charge in [0.1, 0.15) is 12.8 Å². The monoisotopic (exact) mass is 166 g/mol. The summed E-state index contributed by atoms with van der Waals surface area (Å²) in [5, 5.41) is 17.6. The minimum atomic E-state index is -1.07. The highest BCUT2D eigenvalue weighted by atomic mass is 16.5. The number of aliphatic hydroxyl groups excluding tert-OH is 1. The summed E-state index contributed by atoms with van der Waals surface area (Å²) in [6, 6.07) is 5.19. The Kier molecular flexibility index (Phi) is 2.86. The molecule has 1 N–H and O–H groups in total. The molecule has 4 nitrogen and oxygen atoms in total. The van der Waals surface area contributed by atoms with E-state index in [1.807, 2.05) is 0 Å². The summed E-state index contributed by atoms with van der Waals surface area (Å²) in [4.78, 5) is 0. The van der Waals surface area contributed by atoms with E-state index in [1.165, 1.54) is 0 Å². The fraction of sp³-hybridized carbons (Fsp3) is 0.375. The highest BCUT2D eigenvalue weighted by Gasteiger charge is 2.09. The lowest BCUT2D eigenvalue weighted by atomic mass is 10.3. The first-order chi connectivity index (χ1) is 5.79. The van der Waals surface area contributed by atoms with Gasteiger partial charge in [0, 0.05) is 13.3 Å². The van der Waals surface area contributed by atoms with Crippen molar-refractivity contribution in [2.24, 2.45) is 0 Å². The molecule has 1 aromatic heterocycles. The molecule has 0 fully saturated rings. The Hall–Kier alpha value is -1.31. The van der Waals surface area contributed by atoms with Gasteiger partial charge < -0.3 is 14.4 Å². The summed E-state index contributed by atoms with van der Waals surface area (Å²) in [5.41, 5.74) is 0.555. The van der Waals surface area contributed by atoms with Crippen LogP contribution in [0.25, 0.3) is 0 Å². The van der Waals surface area contributed by atoms with E-state index in [1.54, 1.807) is 36.1 Å². The molecule has 0 spiro atoms. The van der Waals surface area contributed by atoms with Gasteiger partial charge in [-0.05, 0) is 12.1 Å². The normalized spacial score (nSPS) is 12.4. The number of aliphatic hydroxyl groups is 1. The fourth-order valence-electron chi connectivity index (χ4n) is 0.998. The molecule has 1 rings (SSSR count). The van der Waals surface area contributed by atoms with Crippen LogP contribution in [0.2, 0.25) is 0 Å². The number of hydrogen-bond donors (Lipinski definition) is 1. The lowest BCUT2D eigenvalue weighted by molar-refractivity contribution is 0.120. The molecule has 0 unspecified atom stereocenters. The summed E-state index contributed by atoms with van der Waals surface area (Å²) >= 11 is 0. The van der Waals surface area contributed by atoms with Gasteiger partial charge in [-0.25, -0.2) is 0 Å². The molecule has 1 aromatic rings. The summed E-state index contributed by atoms with van der Waals surface area (Å²) < 4.78 is 6.54. The number of hydrogen-bond acceptors (Lipinski definition) is 3. The molecule has 0 aliphatic carbocycles. The second-order valence-electron chi connectivity index (χ2n) is 2.35. The molecule has 0 aliphatic heterocycles. The van der Waals surface area contributed by atoms with Crippen LogP contribution in [-0.4, -0.2) is 16.8 Å². The van der Waals surface area contributed by atoms with E-state index in [2.05, 4.69) is 0 Å². The SMILES string of the molecule is COCn1cccc1[C@@H](O)C#N. The van der Waals surface area contributed by atoms with Crippen LogP contribution in [0.1, 0.15) is 11.8 Å². The van der Waals surface area contributed by atoms with E-state index < -0.39 is 6.10 Å². The predicted octanol–water partition coefficient (Wildman–Crippen LogP) is 0.649. The summed E-state index contributed by atoms with van der Waals surface area (Å²) in [6.07, 6.45) is 0.675. The van der Waals surface area contributed by atoms with Crippen LogP contribution in [-0.2, 0) is 11.5 Å². The number of ether oxygens (including phenoxy) is 1. The topological polar surface area (TPSA) is 58.2 Å². The highest BCUT2D eigenvalue weighted by Crippen LogP contribution is 2.12. The summed E-state index contributed by atoms with van der Waals surface area (Å²) in [7, 11) is 1.56. The Morgan fingerprint density at radius 1 is 1.83 bits per heavy atom. The molecule has 12 heavy (non-hydrogen) atoms. The molecule has 0 saturated heterocycles. The maximum atomic E-state index is 9.19. The van der Waals surface area contributed by atoms with Crippen LogP contribution in [0.3, 0.4) is 0 Å². The molecule has 1 atom stereocenters. The van der Waals surface area contributed by atoms with Crippen molar-refractivity contribution in [3.05, 3.63) is 24.0 Å². The number of nitriles is 1. The zero-order valence-electron chi connectivity index (χ0n) is 6.77. The van der Waals surface area contributed by atoms with Gasteiger partial charge in [-0.2, -0.15) is 5.26 Å². The van der Waals surface area contributed by atoms with Crippen LogP contribution in [0.4, 0.5) is 0 Å².